The van der Waals surface area contributed by atoms with Gasteiger partial charge in [-0.3, -0.25) is 14.5 Å². The van der Waals surface area contributed by atoms with Gasteiger partial charge in [0, 0.05) is 11.8 Å². The number of nitrogens with zero attached hydrogens (tertiary/aromatic N) is 1. The van der Waals surface area contributed by atoms with Crippen LogP contribution in [0.15, 0.2) is 72.3 Å². The number of methoxy groups -OCH3 is 1. The summed E-state index contributed by atoms with van der Waals surface area (Å²) in [6, 6.07) is 17.8. The van der Waals surface area contributed by atoms with Crippen molar-refractivity contribution in [2.24, 2.45) is 0 Å². The number of benzene rings is 3. The van der Waals surface area contributed by atoms with E-state index in [1.54, 1.807) is 43.3 Å². The molecule has 3 aromatic rings. The monoisotopic (exact) mass is 529 g/mol. The van der Waals surface area contributed by atoms with Gasteiger partial charge in [-0.2, -0.15) is 0 Å². The molecule has 1 fully saturated rings. The summed E-state index contributed by atoms with van der Waals surface area (Å²) in [4.78, 5) is 40.6. The molecule has 1 N–H and O–H groups in total. The minimum Gasteiger partial charge on any atom is -0.507 e. The summed E-state index contributed by atoms with van der Waals surface area (Å²) in [5.74, 6) is -1.75. The summed E-state index contributed by atoms with van der Waals surface area (Å²) in [5.41, 5.74) is 2.42. The largest absolute Gasteiger partial charge is 0.507 e. The summed E-state index contributed by atoms with van der Waals surface area (Å²) in [7, 11) is 1.27. The summed E-state index contributed by atoms with van der Waals surface area (Å²) in [5, 5.41) is 11.6. The predicted molar refractivity (Wildman–Crippen MR) is 147 cm³/mol. The van der Waals surface area contributed by atoms with Gasteiger partial charge >= 0.3 is 5.97 Å². The first-order valence-electron chi connectivity index (χ1n) is 12.8. The van der Waals surface area contributed by atoms with Crippen LogP contribution < -0.4 is 14.4 Å². The van der Waals surface area contributed by atoms with Crippen molar-refractivity contribution in [1.29, 1.82) is 0 Å². The van der Waals surface area contributed by atoms with Crippen molar-refractivity contribution in [2.75, 3.05) is 25.2 Å². The number of carbonyl (C=O) groups is 3. The van der Waals surface area contributed by atoms with Crippen molar-refractivity contribution < 1.29 is 33.7 Å². The zero-order valence-corrected chi connectivity index (χ0v) is 22.4. The molecule has 39 heavy (non-hydrogen) atoms. The molecule has 4 rings (SSSR count). The molecule has 1 amide bonds. The first kappa shape index (κ1) is 27.4. The Hall–Kier alpha value is -4.59. The number of ketones is 1. The Morgan fingerprint density at radius 2 is 1.64 bits per heavy atom. The lowest BCUT2D eigenvalue weighted by Gasteiger charge is -2.26. The first-order valence-corrected chi connectivity index (χ1v) is 12.8. The molecule has 0 spiro atoms. The number of rotatable bonds is 9. The molecule has 8 heteroatoms. The quantitative estimate of drug-likeness (QED) is 0.170. The van der Waals surface area contributed by atoms with Gasteiger partial charge in [0.15, 0.2) is 0 Å². The van der Waals surface area contributed by atoms with Crippen LogP contribution in [-0.2, 0) is 20.7 Å². The lowest BCUT2D eigenvalue weighted by molar-refractivity contribution is -0.132. The highest BCUT2D eigenvalue weighted by Gasteiger charge is 2.47. The summed E-state index contributed by atoms with van der Waals surface area (Å²) in [6.45, 7) is 6.45. The second kappa shape index (κ2) is 11.9. The summed E-state index contributed by atoms with van der Waals surface area (Å²) in [6.07, 6.45) is 0.811. The molecule has 0 bridgehead atoms. The highest BCUT2D eigenvalue weighted by Crippen LogP contribution is 2.44. The van der Waals surface area contributed by atoms with Gasteiger partial charge in [0.1, 0.15) is 17.3 Å². The van der Waals surface area contributed by atoms with Crippen molar-refractivity contribution in [3.05, 3.63) is 94.6 Å². The number of amides is 1. The fourth-order valence-corrected chi connectivity index (χ4v) is 4.63. The molecule has 0 aromatic heterocycles. The number of hydrogen-bond acceptors (Lipinski definition) is 7. The van der Waals surface area contributed by atoms with Gasteiger partial charge in [0.05, 0.1) is 43.1 Å². The lowest BCUT2D eigenvalue weighted by Crippen LogP contribution is -2.29. The fraction of sp³-hybridized carbons (Fsp3) is 0.258. The van der Waals surface area contributed by atoms with Gasteiger partial charge in [-0.05, 0) is 61.7 Å². The molecule has 1 atom stereocenters. The third kappa shape index (κ3) is 5.36. The molecule has 1 aliphatic rings. The van der Waals surface area contributed by atoms with E-state index in [9.17, 15) is 19.5 Å². The number of carbonyl (C=O) groups excluding carboxylic acids is 3. The van der Waals surface area contributed by atoms with Crippen molar-refractivity contribution in [3.8, 4) is 11.5 Å². The molecule has 0 radical (unpaired) electrons. The van der Waals surface area contributed by atoms with E-state index in [4.69, 9.17) is 14.2 Å². The molecule has 8 nitrogen and oxygen atoms in total. The number of anilines is 1. The van der Waals surface area contributed by atoms with Gasteiger partial charge in [-0.1, -0.05) is 37.3 Å². The molecule has 1 saturated heterocycles. The van der Waals surface area contributed by atoms with E-state index in [1.165, 1.54) is 18.1 Å². The standard InChI is InChI=1S/C31H31NO7/c1-5-19-11-13-20(14-12-19)27-26(28(33)24-16-15-23(38-6-2)18-25(24)39-7-3)29(34)30(35)32(27)22-10-8-9-21(17-22)31(36)37-4/h8-18,27,33H,5-7H2,1-4H3/b28-26-. The van der Waals surface area contributed by atoms with Gasteiger partial charge in [0.2, 0.25) is 0 Å². The zero-order valence-electron chi connectivity index (χ0n) is 22.4. The van der Waals surface area contributed by atoms with E-state index < -0.39 is 23.7 Å². The molecular weight excluding hydrogens is 498 g/mol. The SMILES string of the molecule is CCOc1ccc(/C(O)=C2/C(=O)C(=O)N(c3cccc(C(=O)OC)c3)C2c2ccc(CC)cc2)c(OCC)c1. The van der Waals surface area contributed by atoms with Crippen LogP contribution in [0, 0.1) is 0 Å². The maximum Gasteiger partial charge on any atom is 0.337 e. The van der Waals surface area contributed by atoms with Crippen molar-refractivity contribution >= 4 is 29.1 Å². The third-order valence-electron chi connectivity index (χ3n) is 6.51. The highest BCUT2D eigenvalue weighted by atomic mass is 16.5. The molecule has 1 unspecified atom stereocenters. The van der Waals surface area contributed by atoms with Crippen LogP contribution in [0.2, 0.25) is 0 Å². The summed E-state index contributed by atoms with van der Waals surface area (Å²) < 4.78 is 16.2. The van der Waals surface area contributed by atoms with E-state index in [0.29, 0.717) is 36.0 Å². The zero-order chi connectivity index (χ0) is 28.1. The van der Waals surface area contributed by atoms with E-state index in [1.807, 2.05) is 38.1 Å². The second-order valence-electron chi connectivity index (χ2n) is 8.83. The molecule has 0 saturated carbocycles. The van der Waals surface area contributed by atoms with Crippen LogP contribution in [0.5, 0.6) is 11.5 Å². The number of Topliss-reactive ketones (excluding diaryl/α,β-unsaturated/α-hetero) is 1. The molecule has 1 aliphatic heterocycles. The van der Waals surface area contributed by atoms with E-state index >= 15 is 0 Å². The van der Waals surface area contributed by atoms with Gasteiger partial charge in [-0.25, -0.2) is 4.79 Å². The maximum absolute atomic E-state index is 13.6. The topological polar surface area (TPSA) is 102 Å². The van der Waals surface area contributed by atoms with E-state index in [2.05, 4.69) is 0 Å². The van der Waals surface area contributed by atoms with Crippen molar-refractivity contribution in [2.45, 2.75) is 33.2 Å². The fourth-order valence-electron chi connectivity index (χ4n) is 4.63. The smallest absolute Gasteiger partial charge is 0.337 e. The average Bonchev–Trinajstić information content (AvgIpc) is 3.22. The van der Waals surface area contributed by atoms with Gasteiger partial charge in [0.25, 0.3) is 11.7 Å². The normalized spacial score (nSPS) is 16.3. The Bertz CT molecular complexity index is 1430. The third-order valence-corrected chi connectivity index (χ3v) is 6.51. The lowest BCUT2D eigenvalue weighted by atomic mass is 9.94. The van der Waals surface area contributed by atoms with E-state index in [-0.39, 0.29) is 22.5 Å². The van der Waals surface area contributed by atoms with Crippen LogP contribution in [0.1, 0.15) is 53.9 Å². The van der Waals surface area contributed by atoms with Crippen LogP contribution in [-0.4, -0.2) is 43.1 Å². The van der Waals surface area contributed by atoms with Crippen LogP contribution >= 0.6 is 0 Å². The predicted octanol–water partition coefficient (Wildman–Crippen LogP) is 5.46. The van der Waals surface area contributed by atoms with Crippen molar-refractivity contribution in [1.82, 2.24) is 0 Å². The minimum absolute atomic E-state index is 0.0853. The molecule has 0 aliphatic carbocycles. The molecule has 1 heterocycles. The van der Waals surface area contributed by atoms with Crippen molar-refractivity contribution in [3.63, 3.8) is 0 Å². The average molecular weight is 530 g/mol. The number of aliphatic hydroxyl groups excluding tert-OH is 1. The molecule has 3 aromatic carbocycles. The number of esters is 1. The Kier molecular flexibility index (Phi) is 8.34. The number of hydrogen-bond donors (Lipinski definition) is 1. The van der Waals surface area contributed by atoms with Crippen LogP contribution in [0.4, 0.5) is 5.69 Å². The van der Waals surface area contributed by atoms with Crippen LogP contribution in [0.3, 0.4) is 0 Å². The number of ether oxygens (including phenoxy) is 3. The number of aryl methyl sites for hydroxylation is 1. The Balaban J connectivity index is 1.94. The Morgan fingerprint density at radius 1 is 0.923 bits per heavy atom. The summed E-state index contributed by atoms with van der Waals surface area (Å²) >= 11 is 0. The molecular formula is C31H31NO7. The highest BCUT2D eigenvalue weighted by molar-refractivity contribution is 6.51. The van der Waals surface area contributed by atoms with Crippen LogP contribution in [0.25, 0.3) is 5.76 Å². The second-order valence-corrected chi connectivity index (χ2v) is 8.83. The minimum atomic E-state index is -0.954. The number of aliphatic hydroxyl groups is 1. The molecule has 202 valence electrons. The Morgan fingerprint density at radius 3 is 2.28 bits per heavy atom. The Labute approximate surface area is 227 Å². The maximum atomic E-state index is 13.6. The van der Waals surface area contributed by atoms with Gasteiger partial charge in [-0.15, -0.1) is 0 Å². The van der Waals surface area contributed by atoms with E-state index in [0.717, 1.165) is 12.0 Å². The first-order chi connectivity index (χ1) is 18.8. The van der Waals surface area contributed by atoms with Gasteiger partial charge < -0.3 is 19.3 Å².